The van der Waals surface area contributed by atoms with Crippen molar-refractivity contribution in [1.82, 2.24) is 0 Å². The van der Waals surface area contributed by atoms with Crippen molar-refractivity contribution in [3.8, 4) is 6.07 Å². The summed E-state index contributed by atoms with van der Waals surface area (Å²) in [5.74, 6) is 1.75. The number of fused-ring (bicyclic) bond motifs is 5. The first-order valence-corrected chi connectivity index (χ1v) is 8.78. The molecule has 2 aliphatic carbocycles. The molecule has 5 rings (SSSR count). The second kappa shape index (κ2) is 5.50. The van der Waals surface area contributed by atoms with Crippen LogP contribution in [0.25, 0.3) is 11.1 Å². The van der Waals surface area contributed by atoms with Gasteiger partial charge in [0.2, 0.25) is 0 Å². The highest BCUT2D eigenvalue weighted by molar-refractivity contribution is 6.10. The van der Waals surface area contributed by atoms with Gasteiger partial charge in [-0.05, 0) is 41.5 Å². The van der Waals surface area contributed by atoms with E-state index in [9.17, 15) is 5.26 Å². The highest BCUT2D eigenvalue weighted by atomic mass is 16.5. The first kappa shape index (κ1) is 14.3. The van der Waals surface area contributed by atoms with Crippen molar-refractivity contribution in [3.05, 3.63) is 94.0 Å². The third-order valence-electron chi connectivity index (χ3n) is 5.40. The van der Waals surface area contributed by atoms with Crippen LogP contribution in [0.3, 0.4) is 0 Å². The number of ether oxygens (including phenoxy) is 1. The number of hydrogen-bond acceptors (Lipinski definition) is 2. The van der Waals surface area contributed by atoms with Crippen LogP contribution in [0.5, 0.6) is 0 Å². The minimum atomic E-state index is 0.741. The summed E-state index contributed by atoms with van der Waals surface area (Å²) in [6.07, 6.45) is 5.34. The molecule has 2 aromatic carbocycles. The molecule has 3 aliphatic rings. The number of rotatable bonds is 0. The molecule has 2 nitrogen and oxygen atoms in total. The zero-order valence-corrected chi connectivity index (χ0v) is 13.9. The molecule has 120 valence electrons. The summed E-state index contributed by atoms with van der Waals surface area (Å²) in [6.45, 7) is 0. The van der Waals surface area contributed by atoms with Crippen LogP contribution in [0.1, 0.15) is 35.1 Å². The minimum absolute atomic E-state index is 0.741. The zero-order chi connectivity index (χ0) is 16.8. The van der Waals surface area contributed by atoms with Crippen molar-refractivity contribution in [3.63, 3.8) is 0 Å². The van der Waals surface area contributed by atoms with Gasteiger partial charge in [-0.3, -0.25) is 0 Å². The van der Waals surface area contributed by atoms with Crippen molar-refractivity contribution >= 4 is 11.1 Å². The lowest BCUT2D eigenvalue weighted by Gasteiger charge is -2.35. The maximum Gasteiger partial charge on any atom is 0.141 e. The van der Waals surface area contributed by atoms with E-state index in [0.717, 1.165) is 37.2 Å². The molecule has 1 heterocycles. The second-order valence-electron chi connectivity index (χ2n) is 6.71. The summed E-state index contributed by atoms with van der Waals surface area (Å²) >= 11 is 0. The van der Waals surface area contributed by atoms with Gasteiger partial charge in [0.1, 0.15) is 11.5 Å². The number of aryl methyl sites for hydroxylation is 2. The summed E-state index contributed by atoms with van der Waals surface area (Å²) in [4.78, 5) is 0. The van der Waals surface area contributed by atoms with Crippen LogP contribution >= 0.6 is 0 Å². The Morgan fingerprint density at radius 3 is 2.16 bits per heavy atom. The van der Waals surface area contributed by atoms with Crippen molar-refractivity contribution in [2.24, 2.45) is 0 Å². The zero-order valence-electron chi connectivity index (χ0n) is 13.9. The molecule has 2 aromatic rings. The molecule has 0 radical (unpaired) electrons. The fourth-order valence-corrected chi connectivity index (χ4v) is 4.31. The van der Waals surface area contributed by atoms with E-state index in [-0.39, 0.29) is 0 Å². The lowest BCUT2D eigenvalue weighted by Crippen LogP contribution is -2.19. The normalized spacial score (nSPS) is 19.4. The Hall–Kier alpha value is -3.05. The summed E-state index contributed by atoms with van der Waals surface area (Å²) < 4.78 is 6.23. The van der Waals surface area contributed by atoms with Gasteiger partial charge in [-0.25, -0.2) is 0 Å². The van der Waals surface area contributed by atoms with Crippen molar-refractivity contribution in [2.45, 2.75) is 25.7 Å². The van der Waals surface area contributed by atoms with Gasteiger partial charge in [-0.2, -0.15) is 5.26 Å². The van der Waals surface area contributed by atoms with Gasteiger partial charge in [0.25, 0.3) is 0 Å². The second-order valence-corrected chi connectivity index (χ2v) is 6.71. The van der Waals surface area contributed by atoms with Crippen LogP contribution in [0.15, 0.2) is 71.7 Å². The molecular weight excluding hydrogens is 306 g/mol. The summed E-state index contributed by atoms with van der Waals surface area (Å²) in [5, 5.41) is 9.21. The van der Waals surface area contributed by atoms with E-state index >= 15 is 0 Å². The number of hydrogen-bond donors (Lipinski definition) is 0. The van der Waals surface area contributed by atoms with E-state index in [1.54, 1.807) is 6.08 Å². The Morgan fingerprint density at radius 1 is 0.800 bits per heavy atom. The molecule has 1 aliphatic heterocycles. The molecule has 25 heavy (non-hydrogen) atoms. The summed E-state index contributed by atoms with van der Waals surface area (Å²) in [6, 6.07) is 19.4. The summed E-state index contributed by atoms with van der Waals surface area (Å²) in [7, 11) is 0. The Bertz CT molecular complexity index is 1030. The summed E-state index contributed by atoms with van der Waals surface area (Å²) in [5.41, 5.74) is 9.03. The van der Waals surface area contributed by atoms with Gasteiger partial charge in [0, 0.05) is 23.1 Å². The fraction of sp³-hybridized carbons (Fsp3) is 0.174. The predicted molar refractivity (Wildman–Crippen MR) is 98.1 cm³/mol. The van der Waals surface area contributed by atoms with Gasteiger partial charge in [-0.1, -0.05) is 48.5 Å². The Balaban J connectivity index is 1.83. The fourth-order valence-electron chi connectivity index (χ4n) is 4.31. The molecule has 0 spiro atoms. The topological polar surface area (TPSA) is 33.0 Å². The van der Waals surface area contributed by atoms with Gasteiger partial charge >= 0.3 is 0 Å². The average molecular weight is 323 g/mol. The van der Waals surface area contributed by atoms with Crippen LogP contribution in [-0.2, 0) is 17.6 Å². The van der Waals surface area contributed by atoms with Crippen LogP contribution in [0.2, 0.25) is 0 Å². The van der Waals surface area contributed by atoms with E-state index < -0.39 is 0 Å². The Labute approximate surface area is 147 Å². The van der Waals surface area contributed by atoms with E-state index in [1.165, 1.54) is 39.0 Å². The molecular formula is C23H17NO. The molecule has 0 amide bonds. The van der Waals surface area contributed by atoms with Crippen LogP contribution in [-0.4, -0.2) is 0 Å². The van der Waals surface area contributed by atoms with Crippen molar-refractivity contribution in [1.29, 1.82) is 5.26 Å². The van der Waals surface area contributed by atoms with Crippen LogP contribution < -0.4 is 0 Å². The smallest absolute Gasteiger partial charge is 0.141 e. The maximum atomic E-state index is 9.21. The highest BCUT2D eigenvalue weighted by Gasteiger charge is 2.34. The predicted octanol–water partition coefficient (Wildman–Crippen LogP) is 5.18. The molecule has 2 heteroatoms. The lowest BCUT2D eigenvalue weighted by molar-refractivity contribution is 0.294. The first-order chi connectivity index (χ1) is 12.4. The number of nitriles is 1. The standard InChI is InChI=1S/C23H17NO/c24-14-13-20-19-11-9-15-5-1-3-7-17(15)22(19)23-18-8-4-2-6-16(18)10-12-21(23)25-20/h1-8,13H,9-12H2/b20-13-. The van der Waals surface area contributed by atoms with Crippen molar-refractivity contribution < 1.29 is 4.74 Å². The Morgan fingerprint density at radius 2 is 1.44 bits per heavy atom. The molecule has 0 saturated heterocycles. The van der Waals surface area contributed by atoms with E-state index in [2.05, 4.69) is 54.6 Å². The van der Waals surface area contributed by atoms with E-state index in [0.29, 0.717) is 0 Å². The minimum Gasteiger partial charge on any atom is -0.460 e. The van der Waals surface area contributed by atoms with Crippen LogP contribution in [0, 0.1) is 11.3 Å². The molecule has 0 bridgehead atoms. The van der Waals surface area contributed by atoms with E-state index in [1.807, 2.05) is 0 Å². The number of benzene rings is 2. The third-order valence-corrected chi connectivity index (χ3v) is 5.40. The van der Waals surface area contributed by atoms with Gasteiger partial charge < -0.3 is 4.74 Å². The first-order valence-electron chi connectivity index (χ1n) is 8.78. The van der Waals surface area contributed by atoms with Gasteiger partial charge in [-0.15, -0.1) is 0 Å². The van der Waals surface area contributed by atoms with Crippen molar-refractivity contribution in [2.75, 3.05) is 0 Å². The molecule has 0 saturated carbocycles. The lowest BCUT2D eigenvalue weighted by atomic mass is 9.75. The van der Waals surface area contributed by atoms with Crippen LogP contribution in [0.4, 0.5) is 0 Å². The third kappa shape index (κ3) is 2.09. The highest BCUT2D eigenvalue weighted by Crippen LogP contribution is 2.51. The monoisotopic (exact) mass is 323 g/mol. The molecule has 0 fully saturated rings. The Kier molecular flexibility index (Phi) is 3.15. The maximum absolute atomic E-state index is 9.21. The molecule has 0 aromatic heterocycles. The number of nitrogens with zero attached hydrogens (tertiary/aromatic N) is 1. The average Bonchev–Trinajstić information content (AvgIpc) is 2.67. The van der Waals surface area contributed by atoms with Gasteiger partial charge in [0.15, 0.2) is 0 Å². The van der Waals surface area contributed by atoms with Gasteiger partial charge in [0.05, 0.1) is 12.1 Å². The molecule has 0 unspecified atom stereocenters. The molecule has 0 N–H and O–H groups in total. The number of allylic oxidation sites excluding steroid dienone is 5. The quantitative estimate of drug-likeness (QED) is 0.626. The molecule has 0 atom stereocenters. The van der Waals surface area contributed by atoms with E-state index in [4.69, 9.17) is 4.74 Å². The SMILES string of the molecule is N#C/C=C1\OC2=C(C3=C1CCc1ccccc13)c1ccccc1CC2. The largest absolute Gasteiger partial charge is 0.460 e.